The lowest BCUT2D eigenvalue weighted by atomic mass is 10.2. The normalized spacial score (nSPS) is 14.2. The van der Waals surface area contributed by atoms with Gasteiger partial charge in [-0.05, 0) is 5.56 Å². The van der Waals surface area contributed by atoms with Gasteiger partial charge in [-0.15, -0.1) is 0 Å². The monoisotopic (exact) mass is 186 g/mol. The molecule has 0 saturated carbocycles. The molecule has 2 N–H and O–H groups in total. The summed E-state index contributed by atoms with van der Waals surface area (Å²) in [6, 6.07) is 7.89. The van der Waals surface area contributed by atoms with Gasteiger partial charge in [0, 0.05) is 0 Å². The molecule has 0 amide bonds. The summed E-state index contributed by atoms with van der Waals surface area (Å²) in [6.07, 6.45) is 0. The molecule has 1 radical (unpaired) electrons. The summed E-state index contributed by atoms with van der Waals surface area (Å²) in [6.45, 7) is 0. The average Bonchev–Trinajstić information content (AvgIpc) is 2.03. The van der Waals surface area contributed by atoms with Crippen LogP contribution in [-0.2, 0) is 10.1 Å². The lowest BCUT2D eigenvalue weighted by molar-refractivity contribution is 0.468. The van der Waals surface area contributed by atoms with Crippen LogP contribution in [0, 0.1) is 0 Å². The molecule has 1 aromatic carbocycles. The van der Waals surface area contributed by atoms with Crippen LogP contribution in [0.15, 0.2) is 30.3 Å². The van der Waals surface area contributed by atoms with E-state index in [1.54, 1.807) is 18.2 Å². The van der Waals surface area contributed by atoms with Crippen LogP contribution >= 0.6 is 0 Å². The first-order chi connectivity index (χ1) is 5.52. The average molecular weight is 186 g/mol. The Kier molecular flexibility index (Phi) is 2.46. The summed E-state index contributed by atoms with van der Waals surface area (Å²) in [5, 5.41) is -1.60. The SMILES string of the molecule is [NH]C(c1ccccc1)S(=O)(=O)O. The minimum absolute atomic E-state index is 0.264. The molecule has 1 atom stereocenters. The van der Waals surface area contributed by atoms with Gasteiger partial charge < -0.3 is 0 Å². The van der Waals surface area contributed by atoms with Crippen molar-refractivity contribution < 1.29 is 13.0 Å². The zero-order valence-corrected chi connectivity index (χ0v) is 6.95. The first-order valence-corrected chi connectivity index (χ1v) is 4.74. The van der Waals surface area contributed by atoms with E-state index in [9.17, 15) is 8.42 Å². The topological polar surface area (TPSA) is 78.2 Å². The van der Waals surface area contributed by atoms with Gasteiger partial charge in [0.05, 0.1) is 0 Å². The van der Waals surface area contributed by atoms with Crippen LogP contribution in [0.4, 0.5) is 0 Å². The molecule has 0 bridgehead atoms. The molecule has 5 heteroatoms. The molecule has 0 aromatic heterocycles. The predicted octanol–water partition coefficient (Wildman–Crippen LogP) is 0.856. The van der Waals surface area contributed by atoms with E-state index in [2.05, 4.69) is 0 Å². The molecule has 0 spiro atoms. The summed E-state index contributed by atoms with van der Waals surface area (Å²) in [5.74, 6) is 0. The van der Waals surface area contributed by atoms with Gasteiger partial charge in [0.2, 0.25) is 0 Å². The second-order valence-corrected chi connectivity index (χ2v) is 3.81. The largest absolute Gasteiger partial charge is 0.286 e. The standard InChI is InChI=1S/C7H8NO3S/c8-7(12(9,10)11)6-4-2-1-3-5-6/h1-5,7-8H,(H,9,10,11). The fourth-order valence-electron chi connectivity index (χ4n) is 0.800. The van der Waals surface area contributed by atoms with Crippen molar-refractivity contribution in [1.82, 2.24) is 5.73 Å². The minimum Gasteiger partial charge on any atom is -0.284 e. The van der Waals surface area contributed by atoms with Gasteiger partial charge in [-0.2, -0.15) is 8.42 Å². The number of benzene rings is 1. The maximum absolute atomic E-state index is 10.5. The van der Waals surface area contributed by atoms with Gasteiger partial charge in [-0.3, -0.25) is 4.55 Å². The zero-order chi connectivity index (χ0) is 9.19. The second-order valence-electron chi connectivity index (χ2n) is 2.31. The maximum Gasteiger partial charge on any atom is 0.286 e. The summed E-state index contributed by atoms with van der Waals surface area (Å²) in [7, 11) is -4.29. The van der Waals surface area contributed by atoms with Crippen molar-refractivity contribution in [2.45, 2.75) is 5.37 Å². The summed E-state index contributed by atoms with van der Waals surface area (Å²) in [4.78, 5) is 0. The Morgan fingerprint density at radius 2 is 1.75 bits per heavy atom. The van der Waals surface area contributed by atoms with Crippen molar-refractivity contribution in [3.8, 4) is 0 Å². The van der Waals surface area contributed by atoms with E-state index in [-0.39, 0.29) is 5.56 Å². The van der Waals surface area contributed by atoms with Gasteiger partial charge in [0.1, 0.15) is 0 Å². The van der Waals surface area contributed by atoms with Crippen molar-refractivity contribution >= 4 is 10.1 Å². The van der Waals surface area contributed by atoms with Crippen molar-refractivity contribution in [1.29, 1.82) is 0 Å². The molecule has 0 heterocycles. The molecule has 12 heavy (non-hydrogen) atoms. The van der Waals surface area contributed by atoms with Gasteiger partial charge in [-0.1, -0.05) is 30.3 Å². The van der Waals surface area contributed by atoms with Crippen LogP contribution < -0.4 is 5.73 Å². The summed E-state index contributed by atoms with van der Waals surface area (Å²) in [5.41, 5.74) is 7.39. The van der Waals surface area contributed by atoms with Gasteiger partial charge in [0.15, 0.2) is 5.37 Å². The van der Waals surface area contributed by atoms with Crippen LogP contribution in [0.1, 0.15) is 10.9 Å². The highest BCUT2D eigenvalue weighted by atomic mass is 32.2. The Labute approximate surface area is 70.8 Å². The van der Waals surface area contributed by atoms with Crippen LogP contribution in [0.5, 0.6) is 0 Å². The number of hydrogen-bond donors (Lipinski definition) is 1. The highest BCUT2D eigenvalue weighted by molar-refractivity contribution is 7.86. The molecule has 0 aliphatic carbocycles. The molecular formula is C7H8NO3S. The van der Waals surface area contributed by atoms with Crippen molar-refractivity contribution in [2.24, 2.45) is 0 Å². The maximum atomic E-state index is 10.5. The van der Waals surface area contributed by atoms with Gasteiger partial charge in [-0.25, -0.2) is 5.73 Å². The smallest absolute Gasteiger partial charge is 0.284 e. The Bertz CT molecular complexity index is 346. The Hall–Kier alpha value is -0.910. The summed E-state index contributed by atoms with van der Waals surface area (Å²) < 4.78 is 29.5. The van der Waals surface area contributed by atoms with E-state index in [0.29, 0.717) is 0 Å². The molecule has 0 saturated heterocycles. The molecule has 65 valence electrons. The Morgan fingerprint density at radius 3 is 2.17 bits per heavy atom. The second kappa shape index (κ2) is 3.22. The van der Waals surface area contributed by atoms with E-state index in [4.69, 9.17) is 10.3 Å². The van der Waals surface area contributed by atoms with Crippen molar-refractivity contribution in [3.05, 3.63) is 35.9 Å². The highest BCUT2D eigenvalue weighted by Gasteiger charge is 2.19. The quantitative estimate of drug-likeness (QED) is 0.695. The third kappa shape index (κ3) is 2.04. The zero-order valence-electron chi connectivity index (χ0n) is 6.14. The lowest BCUT2D eigenvalue weighted by Crippen LogP contribution is -2.12. The van der Waals surface area contributed by atoms with Crippen LogP contribution in [0.25, 0.3) is 0 Å². The third-order valence-electron chi connectivity index (χ3n) is 1.40. The highest BCUT2D eigenvalue weighted by Crippen LogP contribution is 2.15. The fourth-order valence-corrected chi connectivity index (χ4v) is 1.30. The van der Waals surface area contributed by atoms with E-state index >= 15 is 0 Å². The fraction of sp³-hybridized carbons (Fsp3) is 0.143. The van der Waals surface area contributed by atoms with Crippen LogP contribution in [0.2, 0.25) is 0 Å². The van der Waals surface area contributed by atoms with Crippen LogP contribution in [-0.4, -0.2) is 13.0 Å². The third-order valence-corrected chi connectivity index (χ3v) is 2.27. The lowest BCUT2D eigenvalue weighted by Gasteiger charge is -2.05. The molecule has 1 unspecified atom stereocenters. The van der Waals surface area contributed by atoms with E-state index in [1.165, 1.54) is 12.1 Å². The van der Waals surface area contributed by atoms with Crippen LogP contribution in [0.3, 0.4) is 0 Å². The van der Waals surface area contributed by atoms with E-state index in [0.717, 1.165) is 0 Å². The van der Waals surface area contributed by atoms with Gasteiger partial charge >= 0.3 is 0 Å². The molecule has 1 rings (SSSR count). The van der Waals surface area contributed by atoms with E-state index in [1.807, 2.05) is 0 Å². The van der Waals surface area contributed by atoms with Gasteiger partial charge in [0.25, 0.3) is 10.1 Å². The van der Waals surface area contributed by atoms with Crippen molar-refractivity contribution in [2.75, 3.05) is 0 Å². The first kappa shape index (κ1) is 9.18. The van der Waals surface area contributed by atoms with E-state index < -0.39 is 15.5 Å². The molecule has 0 aliphatic heterocycles. The molecule has 0 fully saturated rings. The molecule has 1 aromatic rings. The predicted molar refractivity (Wildman–Crippen MR) is 43.8 cm³/mol. The molecular weight excluding hydrogens is 178 g/mol. The Balaban J connectivity index is 3.02. The molecule has 0 aliphatic rings. The first-order valence-electron chi connectivity index (χ1n) is 3.24. The number of rotatable bonds is 2. The summed E-state index contributed by atoms with van der Waals surface area (Å²) >= 11 is 0. The number of hydrogen-bond acceptors (Lipinski definition) is 2. The molecule has 4 nitrogen and oxygen atoms in total. The Morgan fingerprint density at radius 1 is 1.25 bits per heavy atom. The van der Waals surface area contributed by atoms with Crippen molar-refractivity contribution in [3.63, 3.8) is 0 Å². The number of nitrogens with one attached hydrogen (secondary N) is 1. The minimum atomic E-state index is -4.29.